The molecule has 1 heterocycles. The van der Waals surface area contributed by atoms with Crippen LogP contribution >= 0.6 is 11.6 Å². The number of nitrogens with one attached hydrogen (secondary N) is 1. The molecule has 2 aromatic rings. The molecule has 94 valence electrons. The lowest BCUT2D eigenvalue weighted by Gasteiger charge is -2.07. The summed E-state index contributed by atoms with van der Waals surface area (Å²) < 4.78 is 0. The van der Waals surface area contributed by atoms with Gasteiger partial charge in [-0.05, 0) is 19.1 Å². The van der Waals surface area contributed by atoms with Gasteiger partial charge in [-0.25, -0.2) is 4.98 Å². The Balaban J connectivity index is 2.55. The first kappa shape index (κ1) is 12.8. The van der Waals surface area contributed by atoms with E-state index in [1.807, 2.05) is 12.1 Å². The summed E-state index contributed by atoms with van der Waals surface area (Å²) in [6, 6.07) is 7.19. The minimum Gasteiger partial charge on any atom is -0.396 e. The average Bonchev–Trinajstić information content (AvgIpc) is 2.34. The van der Waals surface area contributed by atoms with Crippen LogP contribution in [0.25, 0.3) is 11.4 Å². The number of halogens is 1. The van der Waals surface area contributed by atoms with Crippen molar-refractivity contribution in [3.63, 3.8) is 0 Å². The minimum absolute atomic E-state index is 0.0724. The van der Waals surface area contributed by atoms with Gasteiger partial charge < -0.3 is 10.1 Å². The largest absolute Gasteiger partial charge is 0.396 e. The summed E-state index contributed by atoms with van der Waals surface area (Å²) in [6.45, 7) is 1.68. The highest BCUT2D eigenvalue weighted by Crippen LogP contribution is 2.24. The van der Waals surface area contributed by atoms with Crippen LogP contribution in [0.4, 0.5) is 0 Å². The lowest BCUT2D eigenvalue weighted by Crippen LogP contribution is -2.18. The molecule has 0 spiro atoms. The third-order valence-electron chi connectivity index (χ3n) is 2.71. The maximum atomic E-state index is 11.9. The van der Waals surface area contributed by atoms with E-state index in [1.165, 1.54) is 0 Å². The normalized spacial score (nSPS) is 10.6. The quantitative estimate of drug-likeness (QED) is 0.890. The topological polar surface area (TPSA) is 66.0 Å². The Morgan fingerprint density at radius 3 is 2.72 bits per heavy atom. The summed E-state index contributed by atoms with van der Waals surface area (Å²) in [5, 5.41) is 9.43. The second-order valence-corrected chi connectivity index (χ2v) is 4.34. The van der Waals surface area contributed by atoms with Gasteiger partial charge in [0.1, 0.15) is 5.82 Å². The fourth-order valence-electron chi connectivity index (χ4n) is 1.80. The zero-order valence-electron chi connectivity index (χ0n) is 9.90. The number of rotatable bonds is 3. The monoisotopic (exact) mass is 264 g/mol. The molecule has 2 N–H and O–H groups in total. The molecule has 0 amide bonds. The molecule has 1 aromatic heterocycles. The van der Waals surface area contributed by atoms with E-state index in [-0.39, 0.29) is 12.2 Å². The number of aromatic nitrogens is 2. The summed E-state index contributed by atoms with van der Waals surface area (Å²) in [7, 11) is 0. The number of aryl methyl sites for hydroxylation is 1. The highest BCUT2D eigenvalue weighted by atomic mass is 35.5. The van der Waals surface area contributed by atoms with Crippen molar-refractivity contribution in [2.45, 2.75) is 13.3 Å². The van der Waals surface area contributed by atoms with Gasteiger partial charge in [0.05, 0.1) is 5.02 Å². The fourth-order valence-corrected chi connectivity index (χ4v) is 2.02. The maximum Gasteiger partial charge on any atom is 0.254 e. The third-order valence-corrected chi connectivity index (χ3v) is 3.04. The van der Waals surface area contributed by atoms with Gasteiger partial charge in [0, 0.05) is 29.8 Å². The number of nitrogens with zero attached hydrogens (tertiary/aromatic N) is 1. The molecule has 2 rings (SSSR count). The molecular formula is C13H13ClN2O2. The van der Waals surface area contributed by atoms with E-state index < -0.39 is 0 Å². The first-order valence-corrected chi connectivity index (χ1v) is 5.97. The maximum absolute atomic E-state index is 11.9. The van der Waals surface area contributed by atoms with E-state index >= 15 is 0 Å². The van der Waals surface area contributed by atoms with Gasteiger partial charge >= 0.3 is 0 Å². The SMILES string of the molecule is Cc1nc(-c2ccccc2Cl)[nH]c(=O)c1CCO. The molecule has 0 fully saturated rings. The number of benzene rings is 1. The standard InChI is InChI=1S/C13H13ClN2O2/c1-8-9(6-7-17)13(18)16-12(15-8)10-4-2-3-5-11(10)14/h2-5,17H,6-7H2,1H3,(H,15,16,18). The van der Waals surface area contributed by atoms with E-state index in [0.29, 0.717) is 34.1 Å². The van der Waals surface area contributed by atoms with Crippen LogP contribution < -0.4 is 5.56 Å². The molecule has 5 heteroatoms. The molecule has 0 aliphatic carbocycles. The minimum atomic E-state index is -0.230. The van der Waals surface area contributed by atoms with Crippen LogP contribution in [-0.2, 0) is 6.42 Å². The highest BCUT2D eigenvalue weighted by Gasteiger charge is 2.10. The number of hydrogen-bond donors (Lipinski definition) is 2. The first-order valence-electron chi connectivity index (χ1n) is 5.59. The van der Waals surface area contributed by atoms with Gasteiger partial charge in [0.15, 0.2) is 0 Å². The molecule has 0 aliphatic rings. The van der Waals surface area contributed by atoms with Gasteiger partial charge in [0.2, 0.25) is 0 Å². The van der Waals surface area contributed by atoms with Crippen LogP contribution in [0.15, 0.2) is 29.1 Å². The molecule has 0 saturated carbocycles. The zero-order chi connectivity index (χ0) is 13.1. The second-order valence-electron chi connectivity index (χ2n) is 3.93. The first-order chi connectivity index (χ1) is 8.63. The van der Waals surface area contributed by atoms with Crippen LogP contribution in [0.5, 0.6) is 0 Å². The molecule has 0 bridgehead atoms. The molecule has 18 heavy (non-hydrogen) atoms. The van der Waals surface area contributed by atoms with Gasteiger partial charge in [-0.15, -0.1) is 0 Å². The molecular weight excluding hydrogens is 252 g/mol. The smallest absolute Gasteiger partial charge is 0.254 e. The van der Waals surface area contributed by atoms with Crippen molar-refractivity contribution in [2.24, 2.45) is 0 Å². The van der Waals surface area contributed by atoms with Crippen LogP contribution in [-0.4, -0.2) is 21.7 Å². The highest BCUT2D eigenvalue weighted by molar-refractivity contribution is 6.33. The summed E-state index contributed by atoms with van der Waals surface area (Å²) in [5.41, 5.74) is 1.58. The Hall–Kier alpha value is -1.65. The van der Waals surface area contributed by atoms with Crippen molar-refractivity contribution in [1.29, 1.82) is 0 Å². The molecule has 0 radical (unpaired) electrons. The number of hydrogen-bond acceptors (Lipinski definition) is 3. The zero-order valence-corrected chi connectivity index (χ0v) is 10.7. The number of aliphatic hydroxyl groups excluding tert-OH is 1. The van der Waals surface area contributed by atoms with E-state index in [0.717, 1.165) is 0 Å². The fraction of sp³-hybridized carbons (Fsp3) is 0.231. The van der Waals surface area contributed by atoms with Gasteiger partial charge in [-0.2, -0.15) is 0 Å². The van der Waals surface area contributed by atoms with Crippen LogP contribution in [0.2, 0.25) is 5.02 Å². The van der Waals surface area contributed by atoms with Crippen molar-refractivity contribution in [2.75, 3.05) is 6.61 Å². The van der Waals surface area contributed by atoms with Crippen LogP contribution in [0.3, 0.4) is 0 Å². The van der Waals surface area contributed by atoms with E-state index in [9.17, 15) is 4.79 Å². The Labute approximate surface area is 109 Å². The Bertz CT molecular complexity index is 623. The average molecular weight is 265 g/mol. The number of H-pyrrole nitrogens is 1. The number of aromatic amines is 1. The Morgan fingerprint density at radius 2 is 2.11 bits per heavy atom. The molecule has 4 nitrogen and oxygen atoms in total. The van der Waals surface area contributed by atoms with Gasteiger partial charge in [-0.3, -0.25) is 4.79 Å². The summed E-state index contributed by atoms with van der Waals surface area (Å²) in [4.78, 5) is 18.9. The Morgan fingerprint density at radius 1 is 1.39 bits per heavy atom. The van der Waals surface area contributed by atoms with Crippen LogP contribution in [0, 0.1) is 6.92 Å². The van der Waals surface area contributed by atoms with E-state index in [4.69, 9.17) is 16.7 Å². The van der Waals surface area contributed by atoms with E-state index in [1.54, 1.807) is 19.1 Å². The second kappa shape index (κ2) is 5.33. The third kappa shape index (κ3) is 2.44. The molecule has 0 unspecified atom stereocenters. The molecule has 0 atom stereocenters. The Kier molecular flexibility index (Phi) is 3.79. The number of aliphatic hydroxyl groups is 1. The summed E-state index contributed by atoms with van der Waals surface area (Å²) in [5.74, 6) is 0.449. The summed E-state index contributed by atoms with van der Waals surface area (Å²) in [6.07, 6.45) is 0.303. The molecule has 0 aliphatic heterocycles. The van der Waals surface area contributed by atoms with E-state index in [2.05, 4.69) is 9.97 Å². The van der Waals surface area contributed by atoms with Crippen molar-refractivity contribution >= 4 is 11.6 Å². The van der Waals surface area contributed by atoms with Crippen molar-refractivity contribution in [3.05, 3.63) is 50.9 Å². The van der Waals surface area contributed by atoms with Crippen molar-refractivity contribution in [1.82, 2.24) is 9.97 Å². The van der Waals surface area contributed by atoms with Gasteiger partial charge in [-0.1, -0.05) is 23.7 Å². The predicted molar refractivity (Wildman–Crippen MR) is 70.8 cm³/mol. The van der Waals surface area contributed by atoms with Crippen molar-refractivity contribution in [3.8, 4) is 11.4 Å². The van der Waals surface area contributed by atoms with Gasteiger partial charge in [0.25, 0.3) is 5.56 Å². The molecule has 0 saturated heterocycles. The molecule has 1 aromatic carbocycles. The lowest BCUT2D eigenvalue weighted by molar-refractivity contribution is 0.298. The van der Waals surface area contributed by atoms with Crippen LogP contribution in [0.1, 0.15) is 11.3 Å². The lowest BCUT2D eigenvalue weighted by atomic mass is 10.1. The van der Waals surface area contributed by atoms with Crippen molar-refractivity contribution < 1.29 is 5.11 Å². The summed E-state index contributed by atoms with van der Waals surface area (Å²) >= 11 is 6.06. The predicted octanol–water partition coefficient (Wildman–Crippen LogP) is 1.93.